The van der Waals surface area contributed by atoms with Crippen LogP contribution in [0.2, 0.25) is 0 Å². The van der Waals surface area contributed by atoms with Crippen LogP contribution in [0.15, 0.2) is 24.3 Å². The van der Waals surface area contributed by atoms with Gasteiger partial charge in [0.1, 0.15) is 12.6 Å². The van der Waals surface area contributed by atoms with Gasteiger partial charge in [0.15, 0.2) is 5.40 Å². The number of rotatable bonds is 21. The van der Waals surface area contributed by atoms with Gasteiger partial charge in [0.2, 0.25) is 9.70 Å². The van der Waals surface area contributed by atoms with Crippen molar-refractivity contribution in [2.45, 2.75) is 62.7 Å². The molecule has 0 saturated heterocycles. The van der Waals surface area contributed by atoms with Crippen molar-refractivity contribution in [1.29, 1.82) is 0 Å². The van der Waals surface area contributed by atoms with E-state index in [2.05, 4.69) is 10.6 Å². The summed E-state index contributed by atoms with van der Waals surface area (Å²) < 4.78 is 57.2. The topological polar surface area (TPSA) is 185 Å². The molecule has 1 unspecified atom stereocenters. The molecule has 0 heterocycles. The van der Waals surface area contributed by atoms with Gasteiger partial charge < -0.3 is 38.2 Å². The van der Waals surface area contributed by atoms with Crippen molar-refractivity contribution >= 4 is 79.6 Å². The molecule has 1 atom stereocenters. The largest absolute Gasteiger partial charge is 0.464 e. The van der Waals surface area contributed by atoms with Gasteiger partial charge >= 0.3 is 27.3 Å². The smallest absolute Gasteiger partial charge is 0.414 e. The first kappa shape index (κ1) is 44.1. The van der Waals surface area contributed by atoms with Crippen molar-refractivity contribution in [3.8, 4) is 0 Å². The monoisotopic (exact) mass is 781 g/mol. The third-order valence-corrected chi connectivity index (χ3v) is 12.5. The van der Waals surface area contributed by atoms with Crippen LogP contribution in [0.3, 0.4) is 0 Å². The van der Waals surface area contributed by atoms with E-state index in [1.807, 2.05) is 0 Å². The molecule has 0 aliphatic carbocycles. The Kier molecular flexibility index (Phi) is 19.6. The molecule has 0 spiro atoms. The second-order valence-corrected chi connectivity index (χ2v) is 17.0. The number of ether oxygens (including phenoxy) is 2. The maximum Gasteiger partial charge on any atom is 0.414 e. The number of carbonyl (C=O) groups is 4. The first-order chi connectivity index (χ1) is 22.5. The maximum absolute atomic E-state index is 13.7. The highest BCUT2D eigenvalue weighted by Gasteiger charge is 2.51. The SMILES string of the molecule is CCOC(=O)C(CCC(=O)NCC(P(=O)(OCC)OCC)P(=O)(OCC)OCC)NC(=O)c1ccc(N(C)C(=O)OCC(Cl)(Cl)Cl)cc1. The Labute approximate surface area is 295 Å². The van der Waals surface area contributed by atoms with Crippen LogP contribution < -0.4 is 15.5 Å². The van der Waals surface area contributed by atoms with E-state index in [0.29, 0.717) is 5.69 Å². The predicted octanol–water partition coefficient (Wildman–Crippen LogP) is 6.05. The normalized spacial score (nSPS) is 12.7. The highest BCUT2D eigenvalue weighted by molar-refractivity contribution is 7.72. The molecule has 274 valence electrons. The molecule has 48 heavy (non-hydrogen) atoms. The van der Waals surface area contributed by atoms with Crippen LogP contribution in [-0.4, -0.2) is 92.3 Å². The van der Waals surface area contributed by atoms with Crippen molar-refractivity contribution in [1.82, 2.24) is 10.6 Å². The third kappa shape index (κ3) is 14.5. The molecule has 0 fully saturated rings. The van der Waals surface area contributed by atoms with Gasteiger partial charge in [-0.25, -0.2) is 9.59 Å². The Balaban J connectivity index is 3.04. The molecule has 0 radical (unpaired) electrons. The van der Waals surface area contributed by atoms with Crippen LogP contribution in [0, 0.1) is 0 Å². The summed E-state index contributed by atoms with van der Waals surface area (Å²) in [6.45, 7) is 6.85. The minimum Gasteiger partial charge on any atom is -0.464 e. The lowest BCUT2D eigenvalue weighted by atomic mass is 10.1. The fourth-order valence-corrected chi connectivity index (χ4v) is 9.28. The standard InChI is InChI=1S/C28H44Cl3N3O12P2/c1-7-41-26(37)22(33-25(36)20-12-14-21(15-13-20)34(6)27(38)42-19-28(29,30)31)16-17-23(35)32-18-24(47(39,43-8-2)44-9-3)48(40,45-10-4)46-11-5/h12-15,22,24H,7-11,16-19H2,1-6H3,(H,32,35)(H,33,36). The van der Waals surface area contributed by atoms with Crippen molar-refractivity contribution < 1.29 is 55.9 Å². The molecule has 0 bridgehead atoms. The van der Waals surface area contributed by atoms with E-state index in [9.17, 15) is 28.3 Å². The number of hydrogen-bond acceptors (Lipinski definition) is 12. The number of esters is 1. The predicted molar refractivity (Wildman–Crippen MR) is 182 cm³/mol. The highest BCUT2D eigenvalue weighted by atomic mass is 35.6. The average molecular weight is 783 g/mol. The summed E-state index contributed by atoms with van der Waals surface area (Å²) in [5.74, 6) is -2.07. The molecule has 0 aromatic heterocycles. The molecular weight excluding hydrogens is 739 g/mol. The molecule has 3 amide bonds. The second kappa shape index (κ2) is 21.3. The van der Waals surface area contributed by atoms with E-state index >= 15 is 0 Å². The molecule has 0 aliphatic rings. The Hall–Kier alpha value is -1.93. The van der Waals surface area contributed by atoms with Crippen LogP contribution in [-0.2, 0) is 46.3 Å². The Bertz CT molecular complexity index is 1250. The number of carbonyl (C=O) groups excluding carboxylic acids is 4. The third-order valence-electron chi connectivity index (χ3n) is 6.13. The summed E-state index contributed by atoms with van der Waals surface area (Å²) >= 11 is 16.8. The van der Waals surface area contributed by atoms with Gasteiger partial charge in [-0.3, -0.25) is 23.6 Å². The molecule has 1 aromatic rings. The fraction of sp³-hybridized carbons (Fsp3) is 0.643. The zero-order valence-corrected chi connectivity index (χ0v) is 31.8. The van der Waals surface area contributed by atoms with Crippen molar-refractivity contribution in [3.05, 3.63) is 29.8 Å². The number of halogens is 3. The summed E-state index contributed by atoms with van der Waals surface area (Å²) in [4.78, 5) is 52.0. The van der Waals surface area contributed by atoms with Crippen LogP contribution in [0.1, 0.15) is 57.8 Å². The summed E-state index contributed by atoms with van der Waals surface area (Å²) in [7, 11) is -6.81. The van der Waals surface area contributed by atoms with Gasteiger partial charge in [0.05, 0.1) is 33.0 Å². The minimum absolute atomic E-state index is 0.0166. The molecule has 0 aliphatic heterocycles. The molecule has 0 saturated carbocycles. The lowest BCUT2D eigenvalue weighted by Gasteiger charge is -2.31. The number of amides is 3. The highest BCUT2D eigenvalue weighted by Crippen LogP contribution is 2.70. The second-order valence-electron chi connectivity index (χ2n) is 9.63. The van der Waals surface area contributed by atoms with Gasteiger partial charge in [-0.2, -0.15) is 0 Å². The van der Waals surface area contributed by atoms with E-state index in [4.69, 9.17) is 62.4 Å². The summed E-state index contributed by atoms with van der Waals surface area (Å²) in [5, 5.41) is 3.62. The van der Waals surface area contributed by atoms with Crippen LogP contribution in [0.4, 0.5) is 10.5 Å². The van der Waals surface area contributed by atoms with E-state index in [0.717, 1.165) is 4.90 Å². The zero-order chi connectivity index (χ0) is 36.5. The lowest BCUT2D eigenvalue weighted by Crippen LogP contribution is -2.43. The van der Waals surface area contributed by atoms with Crippen LogP contribution >= 0.6 is 50.0 Å². The molecule has 2 N–H and O–H groups in total. The first-order valence-corrected chi connectivity index (χ1v) is 19.4. The van der Waals surface area contributed by atoms with E-state index < -0.39 is 67.5 Å². The maximum atomic E-state index is 13.7. The number of nitrogens with zero attached hydrogens (tertiary/aromatic N) is 1. The first-order valence-electron chi connectivity index (χ1n) is 15.1. The number of alkyl halides is 3. The van der Waals surface area contributed by atoms with Crippen LogP contribution in [0.5, 0.6) is 0 Å². The van der Waals surface area contributed by atoms with Gasteiger partial charge in [-0.05, 0) is 65.3 Å². The molecule has 15 nitrogen and oxygen atoms in total. The Morgan fingerprint density at radius 3 is 1.75 bits per heavy atom. The quantitative estimate of drug-likeness (QED) is 0.0838. The number of anilines is 1. The zero-order valence-electron chi connectivity index (χ0n) is 27.7. The number of benzene rings is 1. The molecule has 1 aromatic carbocycles. The van der Waals surface area contributed by atoms with Gasteiger partial charge in [0, 0.05) is 31.3 Å². The number of hydrogen-bond donors (Lipinski definition) is 2. The molecule has 1 rings (SSSR count). The van der Waals surface area contributed by atoms with Crippen LogP contribution in [0.25, 0.3) is 0 Å². The Morgan fingerprint density at radius 2 is 1.31 bits per heavy atom. The average Bonchev–Trinajstić information content (AvgIpc) is 3.01. The minimum atomic E-state index is -4.11. The van der Waals surface area contributed by atoms with E-state index in [1.165, 1.54) is 31.3 Å². The van der Waals surface area contributed by atoms with E-state index in [-0.39, 0.29) is 51.4 Å². The van der Waals surface area contributed by atoms with Gasteiger partial charge in [0.25, 0.3) is 5.91 Å². The molecule has 20 heteroatoms. The van der Waals surface area contributed by atoms with Gasteiger partial charge in [-0.15, -0.1) is 0 Å². The lowest BCUT2D eigenvalue weighted by molar-refractivity contribution is -0.145. The van der Waals surface area contributed by atoms with Gasteiger partial charge in [-0.1, -0.05) is 34.8 Å². The fourth-order valence-electron chi connectivity index (χ4n) is 4.02. The van der Waals surface area contributed by atoms with Crippen molar-refractivity contribution in [2.75, 3.05) is 58.1 Å². The number of nitrogens with one attached hydrogen (secondary N) is 2. The Morgan fingerprint density at radius 1 is 0.812 bits per heavy atom. The van der Waals surface area contributed by atoms with Crippen molar-refractivity contribution in [3.63, 3.8) is 0 Å². The summed E-state index contributed by atoms with van der Waals surface area (Å²) in [6.07, 6.45) is -1.28. The summed E-state index contributed by atoms with van der Waals surface area (Å²) in [6, 6.07) is 4.50. The molecular formula is C28H44Cl3N3O12P2. The van der Waals surface area contributed by atoms with Crippen molar-refractivity contribution in [2.24, 2.45) is 0 Å². The van der Waals surface area contributed by atoms with E-state index in [1.54, 1.807) is 34.6 Å². The summed E-state index contributed by atoms with van der Waals surface area (Å²) in [5.41, 5.74) is 0.489.